The molecule has 0 atom stereocenters. The summed E-state index contributed by atoms with van der Waals surface area (Å²) in [4.78, 5) is 0. The van der Waals surface area contributed by atoms with Crippen LogP contribution in [-0.4, -0.2) is 27.5 Å². The summed E-state index contributed by atoms with van der Waals surface area (Å²) < 4.78 is 0. The molecule has 0 heterocycles. The van der Waals surface area contributed by atoms with Crippen LogP contribution in [0.4, 0.5) is 0 Å². The van der Waals surface area contributed by atoms with E-state index < -0.39 is 0 Å². The topological polar surface area (TPSA) is 38.0 Å². The molecular formula is C5H13BN2. The predicted molar refractivity (Wildman–Crippen MR) is 37.1 cm³/mol. The Labute approximate surface area is 52.2 Å². The van der Waals surface area contributed by atoms with Crippen LogP contribution < -0.4 is 11.1 Å². The summed E-state index contributed by atoms with van der Waals surface area (Å²) in [6.45, 7) is 2.66. The number of nitrogens with two attached hydrogens (primary N) is 1. The van der Waals surface area contributed by atoms with Crippen LogP contribution in [0, 0.1) is 0 Å². The van der Waals surface area contributed by atoms with Gasteiger partial charge in [0.15, 0.2) is 0 Å². The number of rotatable bonds is 5. The molecule has 3 N–H and O–H groups in total. The van der Waals surface area contributed by atoms with Crippen molar-refractivity contribution < 1.29 is 0 Å². The van der Waals surface area contributed by atoms with Gasteiger partial charge in [-0.3, -0.25) is 0 Å². The lowest BCUT2D eigenvalue weighted by Gasteiger charge is -1.98. The first kappa shape index (κ1) is 7.98. The predicted octanol–water partition coefficient (Wildman–Crippen LogP) is -0.488. The van der Waals surface area contributed by atoms with E-state index in [0.717, 1.165) is 26.1 Å². The molecule has 0 rings (SSSR count). The van der Waals surface area contributed by atoms with Gasteiger partial charge in [0.1, 0.15) is 0 Å². The van der Waals surface area contributed by atoms with Crippen molar-refractivity contribution in [2.75, 3.05) is 19.6 Å². The Hall–Kier alpha value is -0.0151. The number of hydrogen-bond acceptors (Lipinski definition) is 2. The van der Waals surface area contributed by atoms with Crippen molar-refractivity contribution in [3.63, 3.8) is 0 Å². The van der Waals surface area contributed by atoms with E-state index in [0.29, 0.717) is 6.32 Å². The molecule has 3 heteroatoms. The molecule has 0 aliphatic rings. The fraction of sp³-hybridized carbons (Fsp3) is 1.00. The Morgan fingerprint density at radius 2 is 2.12 bits per heavy atom. The largest absolute Gasteiger partial charge is 0.330 e. The van der Waals surface area contributed by atoms with Gasteiger partial charge in [-0.2, -0.15) is 0 Å². The summed E-state index contributed by atoms with van der Waals surface area (Å²) in [6.07, 6.45) is 1.75. The first-order chi connectivity index (χ1) is 3.91. The Balaban J connectivity index is 2.53. The fourth-order valence-electron chi connectivity index (χ4n) is 0.454. The molecule has 0 aromatic rings. The Bertz CT molecular complexity index is 35.4. The van der Waals surface area contributed by atoms with Gasteiger partial charge in [-0.25, -0.2) is 0 Å². The van der Waals surface area contributed by atoms with Crippen molar-refractivity contribution in [3.8, 4) is 0 Å². The highest BCUT2D eigenvalue weighted by molar-refractivity contribution is 6.08. The van der Waals surface area contributed by atoms with Gasteiger partial charge in [0.25, 0.3) is 0 Å². The van der Waals surface area contributed by atoms with Gasteiger partial charge < -0.3 is 11.1 Å². The quantitative estimate of drug-likeness (QED) is 0.372. The maximum atomic E-state index is 5.24. The van der Waals surface area contributed by atoms with Crippen molar-refractivity contribution in [2.24, 2.45) is 5.73 Å². The van der Waals surface area contributed by atoms with Gasteiger partial charge in [0.2, 0.25) is 0 Å². The van der Waals surface area contributed by atoms with Gasteiger partial charge in [-0.05, 0) is 26.1 Å². The van der Waals surface area contributed by atoms with Gasteiger partial charge in [0.05, 0.1) is 7.85 Å². The molecule has 0 bridgehead atoms. The highest BCUT2D eigenvalue weighted by atomic mass is 14.8. The molecule has 0 aliphatic carbocycles. The fourth-order valence-corrected chi connectivity index (χ4v) is 0.454. The summed E-state index contributed by atoms with van der Waals surface area (Å²) >= 11 is 0. The summed E-state index contributed by atoms with van der Waals surface area (Å²) in [5.41, 5.74) is 5.24. The maximum absolute atomic E-state index is 5.24. The summed E-state index contributed by atoms with van der Waals surface area (Å²) in [6, 6.07) is 0. The molecular weight excluding hydrogens is 98.9 g/mol. The third-order valence-corrected chi connectivity index (χ3v) is 0.879. The van der Waals surface area contributed by atoms with Crippen LogP contribution in [0.15, 0.2) is 0 Å². The Morgan fingerprint density at radius 3 is 2.62 bits per heavy atom. The molecule has 46 valence electrons. The van der Waals surface area contributed by atoms with Crippen LogP contribution in [0.3, 0.4) is 0 Å². The zero-order chi connectivity index (χ0) is 6.24. The smallest absolute Gasteiger partial charge is 0.0670 e. The van der Waals surface area contributed by atoms with Crippen LogP contribution in [0.2, 0.25) is 6.32 Å². The molecule has 2 nitrogen and oxygen atoms in total. The molecule has 0 unspecified atom stereocenters. The lowest BCUT2D eigenvalue weighted by Crippen LogP contribution is -2.18. The van der Waals surface area contributed by atoms with E-state index in [4.69, 9.17) is 13.6 Å². The van der Waals surface area contributed by atoms with Crippen molar-refractivity contribution in [3.05, 3.63) is 0 Å². The maximum Gasteiger partial charge on any atom is 0.0670 e. The standard InChI is InChI=1S/C5H13BN2/c6-2-5-8-4-1-3-7/h8H,1-5,7H2. The number of nitrogens with one attached hydrogen (secondary N) is 1. The van der Waals surface area contributed by atoms with Gasteiger partial charge >= 0.3 is 0 Å². The van der Waals surface area contributed by atoms with E-state index >= 15 is 0 Å². The molecule has 0 aliphatic heterocycles. The normalized spacial score (nSPS) is 9.62. The minimum absolute atomic E-state index is 0.713. The third-order valence-electron chi connectivity index (χ3n) is 0.879. The second-order valence-corrected chi connectivity index (χ2v) is 1.68. The van der Waals surface area contributed by atoms with Crippen LogP contribution in [0.5, 0.6) is 0 Å². The molecule has 0 saturated carbocycles. The Kier molecular flexibility index (Phi) is 6.97. The van der Waals surface area contributed by atoms with E-state index in [1.165, 1.54) is 0 Å². The lowest BCUT2D eigenvalue weighted by molar-refractivity contribution is 0.679. The molecule has 8 heavy (non-hydrogen) atoms. The summed E-state index contributed by atoms with van der Waals surface area (Å²) in [5.74, 6) is 0. The number of hydrogen-bond donors (Lipinski definition) is 2. The zero-order valence-corrected chi connectivity index (χ0v) is 5.19. The van der Waals surface area contributed by atoms with E-state index in [1.807, 2.05) is 0 Å². The molecule has 0 fully saturated rings. The zero-order valence-electron chi connectivity index (χ0n) is 5.19. The van der Waals surface area contributed by atoms with Crippen LogP contribution in [0.1, 0.15) is 6.42 Å². The van der Waals surface area contributed by atoms with Crippen LogP contribution >= 0.6 is 0 Å². The van der Waals surface area contributed by atoms with Crippen LogP contribution in [0.25, 0.3) is 0 Å². The molecule has 0 aromatic carbocycles. The lowest BCUT2D eigenvalue weighted by atomic mass is 10.1. The minimum atomic E-state index is 0.713. The average molecular weight is 112 g/mol. The molecule has 2 radical (unpaired) electrons. The minimum Gasteiger partial charge on any atom is -0.330 e. The molecule has 0 saturated heterocycles. The van der Waals surface area contributed by atoms with E-state index in [2.05, 4.69) is 5.32 Å². The van der Waals surface area contributed by atoms with E-state index in [1.54, 1.807) is 0 Å². The second kappa shape index (κ2) is 6.98. The highest BCUT2D eigenvalue weighted by Crippen LogP contribution is 1.70. The van der Waals surface area contributed by atoms with E-state index in [9.17, 15) is 0 Å². The van der Waals surface area contributed by atoms with Gasteiger partial charge in [-0.1, -0.05) is 6.32 Å². The van der Waals surface area contributed by atoms with Crippen molar-refractivity contribution in [2.45, 2.75) is 12.7 Å². The van der Waals surface area contributed by atoms with Crippen LogP contribution in [-0.2, 0) is 0 Å². The van der Waals surface area contributed by atoms with Gasteiger partial charge in [-0.15, -0.1) is 0 Å². The average Bonchev–Trinajstić information content (AvgIpc) is 1.81. The highest BCUT2D eigenvalue weighted by Gasteiger charge is 1.80. The van der Waals surface area contributed by atoms with Crippen molar-refractivity contribution >= 4 is 7.85 Å². The summed E-state index contributed by atoms with van der Waals surface area (Å²) in [7, 11) is 5.22. The SMILES string of the molecule is [B]CCNCCCN. The first-order valence-electron chi connectivity index (χ1n) is 3.02. The third kappa shape index (κ3) is 5.98. The Morgan fingerprint density at radius 1 is 1.38 bits per heavy atom. The van der Waals surface area contributed by atoms with Gasteiger partial charge in [0, 0.05) is 0 Å². The molecule has 0 amide bonds. The molecule has 0 aromatic heterocycles. The second-order valence-electron chi connectivity index (χ2n) is 1.68. The van der Waals surface area contributed by atoms with Crippen molar-refractivity contribution in [1.29, 1.82) is 0 Å². The summed E-state index contributed by atoms with van der Waals surface area (Å²) in [5, 5.41) is 3.13. The first-order valence-corrected chi connectivity index (χ1v) is 3.02. The van der Waals surface area contributed by atoms with E-state index in [-0.39, 0.29) is 0 Å². The van der Waals surface area contributed by atoms with Crippen molar-refractivity contribution in [1.82, 2.24) is 5.32 Å². The molecule has 0 spiro atoms. The monoisotopic (exact) mass is 112 g/mol.